The first-order valence-corrected chi connectivity index (χ1v) is 9.41. The van der Waals surface area contributed by atoms with Gasteiger partial charge in [0.2, 0.25) is 0 Å². The van der Waals surface area contributed by atoms with E-state index in [0.717, 1.165) is 32.5 Å². The van der Waals surface area contributed by atoms with Gasteiger partial charge < -0.3 is 4.57 Å². The summed E-state index contributed by atoms with van der Waals surface area (Å²) in [7, 11) is 0. The molecule has 1 atom stereocenters. The van der Waals surface area contributed by atoms with Gasteiger partial charge >= 0.3 is 0 Å². The quantitative estimate of drug-likeness (QED) is 0.707. The first-order chi connectivity index (χ1) is 12.2. The second-order valence-corrected chi connectivity index (χ2v) is 7.33. The smallest absolute Gasteiger partial charge is 0.0486 e. The molecule has 0 fully saturated rings. The van der Waals surface area contributed by atoms with Crippen molar-refractivity contribution in [2.45, 2.75) is 52.7 Å². The molecule has 1 aromatic carbocycles. The van der Waals surface area contributed by atoms with E-state index in [1.807, 2.05) is 18.5 Å². The molecule has 0 radical (unpaired) electrons. The van der Waals surface area contributed by atoms with Gasteiger partial charge in [-0.2, -0.15) is 0 Å². The fourth-order valence-corrected chi connectivity index (χ4v) is 4.23. The lowest BCUT2D eigenvalue weighted by Crippen LogP contribution is -2.38. The third-order valence-corrected chi connectivity index (χ3v) is 5.67. The third kappa shape index (κ3) is 2.98. The van der Waals surface area contributed by atoms with Gasteiger partial charge in [-0.1, -0.05) is 24.6 Å². The summed E-state index contributed by atoms with van der Waals surface area (Å²) in [5, 5.41) is 1.45. The summed E-state index contributed by atoms with van der Waals surface area (Å²) in [5.41, 5.74) is 7.14. The number of rotatable bonds is 4. The molecule has 0 bridgehead atoms. The average Bonchev–Trinajstić information content (AvgIpc) is 2.92. The number of aromatic nitrogens is 2. The minimum absolute atomic E-state index is 0.611. The van der Waals surface area contributed by atoms with Crippen LogP contribution in [-0.4, -0.2) is 27.0 Å². The van der Waals surface area contributed by atoms with Crippen molar-refractivity contribution in [2.75, 3.05) is 6.54 Å². The number of likely N-dealkylation sites (N-methyl/N-ethyl adjacent to an activating group) is 1. The molecule has 4 rings (SSSR count). The van der Waals surface area contributed by atoms with E-state index in [9.17, 15) is 0 Å². The Hall–Kier alpha value is -2.13. The van der Waals surface area contributed by atoms with Crippen LogP contribution in [0.3, 0.4) is 0 Å². The third-order valence-electron chi connectivity index (χ3n) is 5.67. The second kappa shape index (κ2) is 6.64. The number of benzene rings is 1. The van der Waals surface area contributed by atoms with Crippen LogP contribution in [0.25, 0.3) is 10.9 Å². The lowest BCUT2D eigenvalue weighted by molar-refractivity contribution is 0.192. The molecule has 2 aromatic heterocycles. The summed E-state index contributed by atoms with van der Waals surface area (Å²) < 4.78 is 2.57. The number of nitrogens with zero attached hydrogens (tertiary/aromatic N) is 3. The Labute approximate surface area is 150 Å². The molecule has 3 heteroatoms. The lowest BCUT2D eigenvalue weighted by atomic mass is 9.98. The highest BCUT2D eigenvalue weighted by atomic mass is 15.2. The van der Waals surface area contributed by atoms with E-state index in [1.165, 1.54) is 22.0 Å². The minimum Gasteiger partial charge on any atom is -0.344 e. The fourth-order valence-electron chi connectivity index (χ4n) is 4.23. The average molecular weight is 333 g/mol. The summed E-state index contributed by atoms with van der Waals surface area (Å²) in [4.78, 5) is 6.86. The van der Waals surface area contributed by atoms with Crippen LogP contribution in [0.2, 0.25) is 0 Å². The van der Waals surface area contributed by atoms with Crippen LogP contribution in [0.5, 0.6) is 0 Å². The number of fused-ring (bicyclic) bond motifs is 3. The summed E-state index contributed by atoms with van der Waals surface area (Å²) >= 11 is 0. The van der Waals surface area contributed by atoms with E-state index in [-0.39, 0.29) is 0 Å². The molecule has 3 aromatic rings. The maximum absolute atomic E-state index is 4.26. The Morgan fingerprint density at radius 2 is 2.12 bits per heavy atom. The van der Waals surface area contributed by atoms with Crippen molar-refractivity contribution in [2.24, 2.45) is 0 Å². The van der Waals surface area contributed by atoms with Crippen molar-refractivity contribution < 1.29 is 0 Å². The van der Waals surface area contributed by atoms with Gasteiger partial charge in [0.1, 0.15) is 0 Å². The summed E-state index contributed by atoms with van der Waals surface area (Å²) in [6.45, 7) is 10.1. The van der Waals surface area contributed by atoms with Crippen molar-refractivity contribution in [3.63, 3.8) is 0 Å². The van der Waals surface area contributed by atoms with Gasteiger partial charge in [0.15, 0.2) is 0 Å². The zero-order chi connectivity index (χ0) is 17.4. The molecule has 0 N–H and O–H groups in total. The van der Waals surface area contributed by atoms with Gasteiger partial charge in [-0.15, -0.1) is 0 Å². The first-order valence-electron chi connectivity index (χ1n) is 9.41. The minimum atomic E-state index is 0.611. The number of pyridine rings is 1. The Morgan fingerprint density at radius 3 is 2.88 bits per heavy atom. The zero-order valence-electron chi connectivity index (χ0n) is 15.5. The molecule has 3 heterocycles. The molecule has 0 saturated heterocycles. The van der Waals surface area contributed by atoms with E-state index >= 15 is 0 Å². The molecule has 3 nitrogen and oxygen atoms in total. The number of hydrogen-bond acceptors (Lipinski definition) is 2. The van der Waals surface area contributed by atoms with Crippen LogP contribution in [-0.2, 0) is 25.9 Å². The van der Waals surface area contributed by atoms with Crippen LogP contribution in [0.15, 0.2) is 42.7 Å². The topological polar surface area (TPSA) is 21.1 Å². The molecular formula is C22H27N3. The van der Waals surface area contributed by atoms with Crippen molar-refractivity contribution in [3.05, 3.63) is 65.1 Å². The zero-order valence-corrected chi connectivity index (χ0v) is 15.5. The van der Waals surface area contributed by atoms with Crippen LogP contribution < -0.4 is 0 Å². The van der Waals surface area contributed by atoms with Gasteiger partial charge in [0.05, 0.1) is 0 Å². The Bertz CT molecular complexity index is 879. The molecule has 1 aliphatic rings. The van der Waals surface area contributed by atoms with E-state index in [2.05, 4.69) is 59.5 Å². The monoisotopic (exact) mass is 333 g/mol. The predicted octanol–water partition coefficient (Wildman–Crippen LogP) is 4.35. The molecular weight excluding hydrogens is 306 g/mol. The van der Waals surface area contributed by atoms with Crippen LogP contribution in [0.4, 0.5) is 0 Å². The highest BCUT2D eigenvalue weighted by Crippen LogP contribution is 2.33. The van der Waals surface area contributed by atoms with Crippen molar-refractivity contribution in [1.82, 2.24) is 14.5 Å². The normalized spacial score (nSPS) is 17.8. The largest absolute Gasteiger partial charge is 0.344 e. The summed E-state index contributed by atoms with van der Waals surface area (Å²) in [6.07, 6.45) is 6.01. The molecule has 0 amide bonds. The maximum atomic E-state index is 4.26. The van der Waals surface area contributed by atoms with Crippen molar-refractivity contribution in [3.8, 4) is 0 Å². The highest BCUT2D eigenvalue weighted by molar-refractivity contribution is 5.86. The first kappa shape index (κ1) is 16.3. The second-order valence-electron chi connectivity index (χ2n) is 7.33. The SMILES string of the molecule is CCN1Cc2c(n(CCc3cccnc3)c3ccc(C)cc23)CC1C. The molecule has 130 valence electrons. The summed E-state index contributed by atoms with van der Waals surface area (Å²) in [6, 6.07) is 11.8. The van der Waals surface area contributed by atoms with Crippen LogP contribution in [0, 0.1) is 6.92 Å². The lowest BCUT2D eigenvalue weighted by Gasteiger charge is -2.33. The Morgan fingerprint density at radius 1 is 1.24 bits per heavy atom. The molecule has 0 spiro atoms. The van der Waals surface area contributed by atoms with Crippen molar-refractivity contribution in [1.29, 1.82) is 0 Å². The van der Waals surface area contributed by atoms with Crippen molar-refractivity contribution >= 4 is 10.9 Å². The van der Waals surface area contributed by atoms with Gasteiger partial charge in [-0.25, -0.2) is 0 Å². The van der Waals surface area contributed by atoms with E-state index in [4.69, 9.17) is 0 Å². The number of aryl methyl sites for hydroxylation is 3. The van der Waals surface area contributed by atoms with E-state index in [1.54, 1.807) is 11.3 Å². The van der Waals surface area contributed by atoms with E-state index < -0.39 is 0 Å². The maximum Gasteiger partial charge on any atom is 0.0486 e. The summed E-state index contributed by atoms with van der Waals surface area (Å²) in [5.74, 6) is 0. The number of hydrogen-bond donors (Lipinski definition) is 0. The Kier molecular flexibility index (Phi) is 4.34. The van der Waals surface area contributed by atoms with E-state index in [0.29, 0.717) is 6.04 Å². The molecule has 25 heavy (non-hydrogen) atoms. The van der Waals surface area contributed by atoms with Gasteiger partial charge in [-0.3, -0.25) is 9.88 Å². The Balaban J connectivity index is 1.77. The fraction of sp³-hybridized carbons (Fsp3) is 0.409. The van der Waals surface area contributed by atoms with Gasteiger partial charge in [0.25, 0.3) is 0 Å². The molecule has 0 aliphatic carbocycles. The standard InChI is InChI=1S/C22H27N3/c1-4-24-15-20-19-12-16(2)7-8-21(19)25(22(20)13-17(24)3)11-9-18-6-5-10-23-14-18/h5-8,10,12,14,17H,4,9,11,13,15H2,1-3H3. The molecule has 1 unspecified atom stereocenters. The molecule has 1 aliphatic heterocycles. The van der Waals surface area contributed by atoms with Gasteiger partial charge in [0, 0.05) is 54.5 Å². The highest BCUT2D eigenvalue weighted by Gasteiger charge is 2.27. The molecule has 0 saturated carbocycles. The predicted molar refractivity (Wildman–Crippen MR) is 104 cm³/mol. The van der Waals surface area contributed by atoms with Crippen LogP contribution >= 0.6 is 0 Å². The van der Waals surface area contributed by atoms with Crippen LogP contribution in [0.1, 0.15) is 36.2 Å². The van der Waals surface area contributed by atoms with Gasteiger partial charge in [-0.05, 0) is 56.1 Å².